The average molecular weight is 244 g/mol. The van der Waals surface area contributed by atoms with Gasteiger partial charge in [0.25, 0.3) is 0 Å². The second-order valence-corrected chi connectivity index (χ2v) is 6.00. The van der Waals surface area contributed by atoms with E-state index in [2.05, 4.69) is 47.9 Å². The van der Waals surface area contributed by atoms with E-state index in [-0.39, 0.29) is 0 Å². The fourth-order valence-corrected chi connectivity index (χ4v) is 2.64. The number of hydrogen-bond donors (Lipinski definition) is 2. The first-order valence-electron chi connectivity index (χ1n) is 7.34. The van der Waals surface area contributed by atoms with Gasteiger partial charge in [-0.15, -0.1) is 0 Å². The van der Waals surface area contributed by atoms with Crippen molar-refractivity contribution in [3.05, 3.63) is 35.9 Å². The van der Waals surface area contributed by atoms with Crippen molar-refractivity contribution in [2.75, 3.05) is 13.1 Å². The third-order valence-corrected chi connectivity index (χ3v) is 4.17. The zero-order valence-electron chi connectivity index (χ0n) is 11.2. The highest BCUT2D eigenvalue weighted by molar-refractivity contribution is 5.25. The van der Waals surface area contributed by atoms with Crippen molar-refractivity contribution in [3.8, 4) is 0 Å². The second-order valence-electron chi connectivity index (χ2n) is 6.00. The van der Waals surface area contributed by atoms with Crippen molar-refractivity contribution in [3.63, 3.8) is 0 Å². The van der Waals surface area contributed by atoms with Gasteiger partial charge < -0.3 is 10.6 Å². The maximum atomic E-state index is 3.66. The van der Waals surface area contributed by atoms with Gasteiger partial charge >= 0.3 is 0 Å². The molecular weight excluding hydrogens is 220 g/mol. The fourth-order valence-electron chi connectivity index (χ4n) is 2.64. The molecule has 3 rings (SSSR count). The van der Waals surface area contributed by atoms with Crippen molar-refractivity contribution in [2.24, 2.45) is 5.92 Å². The summed E-state index contributed by atoms with van der Waals surface area (Å²) in [6.45, 7) is 4.58. The van der Waals surface area contributed by atoms with Gasteiger partial charge in [0.05, 0.1) is 0 Å². The third kappa shape index (κ3) is 3.33. The van der Waals surface area contributed by atoms with Crippen LogP contribution in [0.5, 0.6) is 0 Å². The van der Waals surface area contributed by atoms with Crippen LogP contribution in [0.4, 0.5) is 0 Å². The van der Waals surface area contributed by atoms with Crippen LogP contribution in [-0.4, -0.2) is 25.2 Å². The largest absolute Gasteiger partial charge is 0.313 e. The molecule has 0 radical (unpaired) electrons. The van der Waals surface area contributed by atoms with Gasteiger partial charge in [0.1, 0.15) is 0 Å². The van der Waals surface area contributed by atoms with Gasteiger partial charge in [-0.25, -0.2) is 0 Å². The summed E-state index contributed by atoms with van der Waals surface area (Å²) in [6, 6.07) is 12.4. The summed E-state index contributed by atoms with van der Waals surface area (Å²) in [5.74, 6) is 1.66. The minimum absolute atomic E-state index is 0.600. The molecule has 1 aromatic rings. The summed E-state index contributed by atoms with van der Waals surface area (Å²) < 4.78 is 0. The standard InChI is InChI=1S/C16H24N2/c1-12(10-18-15-7-8-15)17-11-14-9-16(14)13-5-3-2-4-6-13/h2-6,12,14-18H,7-11H2,1H3. The Morgan fingerprint density at radius 2 is 2.00 bits per heavy atom. The smallest absolute Gasteiger partial charge is 0.0164 e. The van der Waals surface area contributed by atoms with Gasteiger partial charge in [-0.2, -0.15) is 0 Å². The van der Waals surface area contributed by atoms with E-state index in [1.54, 1.807) is 0 Å². The van der Waals surface area contributed by atoms with E-state index in [9.17, 15) is 0 Å². The molecule has 2 saturated carbocycles. The number of benzene rings is 1. The van der Waals surface area contributed by atoms with Crippen molar-refractivity contribution >= 4 is 0 Å². The highest BCUT2D eigenvalue weighted by Crippen LogP contribution is 2.46. The molecule has 0 aliphatic heterocycles. The maximum absolute atomic E-state index is 3.66. The average Bonchev–Trinajstić information content (AvgIpc) is 3.28. The van der Waals surface area contributed by atoms with E-state index in [1.165, 1.54) is 31.4 Å². The molecule has 2 nitrogen and oxygen atoms in total. The lowest BCUT2D eigenvalue weighted by molar-refractivity contribution is 0.486. The predicted octanol–water partition coefficient (Wildman–Crippen LogP) is 2.52. The van der Waals surface area contributed by atoms with Gasteiger partial charge in [0.2, 0.25) is 0 Å². The molecule has 2 N–H and O–H groups in total. The highest BCUT2D eigenvalue weighted by Gasteiger charge is 2.37. The Kier molecular flexibility index (Phi) is 3.67. The van der Waals surface area contributed by atoms with E-state index < -0.39 is 0 Å². The van der Waals surface area contributed by atoms with Crippen molar-refractivity contribution in [1.29, 1.82) is 0 Å². The quantitative estimate of drug-likeness (QED) is 0.770. The summed E-state index contributed by atoms with van der Waals surface area (Å²) in [5.41, 5.74) is 1.52. The van der Waals surface area contributed by atoms with E-state index >= 15 is 0 Å². The van der Waals surface area contributed by atoms with Crippen LogP contribution in [0.25, 0.3) is 0 Å². The molecule has 0 aromatic heterocycles. The Morgan fingerprint density at radius 1 is 1.22 bits per heavy atom. The van der Waals surface area contributed by atoms with Crippen LogP contribution in [0, 0.1) is 5.92 Å². The van der Waals surface area contributed by atoms with Gasteiger partial charge in [0.15, 0.2) is 0 Å². The molecule has 0 bridgehead atoms. The van der Waals surface area contributed by atoms with Gasteiger partial charge in [-0.3, -0.25) is 0 Å². The molecule has 1 aromatic carbocycles. The first kappa shape index (κ1) is 12.2. The Labute approximate surface area is 110 Å². The van der Waals surface area contributed by atoms with E-state index in [0.717, 1.165) is 24.4 Å². The van der Waals surface area contributed by atoms with Crippen LogP contribution in [0.15, 0.2) is 30.3 Å². The topological polar surface area (TPSA) is 24.1 Å². The monoisotopic (exact) mass is 244 g/mol. The van der Waals surface area contributed by atoms with Gasteiger partial charge in [-0.1, -0.05) is 30.3 Å². The maximum Gasteiger partial charge on any atom is 0.0164 e. The third-order valence-electron chi connectivity index (χ3n) is 4.17. The molecule has 18 heavy (non-hydrogen) atoms. The first-order valence-corrected chi connectivity index (χ1v) is 7.34. The number of hydrogen-bond acceptors (Lipinski definition) is 2. The molecule has 3 atom stereocenters. The lowest BCUT2D eigenvalue weighted by atomic mass is 10.1. The molecule has 0 amide bonds. The van der Waals surface area contributed by atoms with Crippen molar-refractivity contribution < 1.29 is 0 Å². The Bertz CT molecular complexity index is 372. The lowest BCUT2D eigenvalue weighted by Gasteiger charge is -2.14. The molecule has 3 unspecified atom stereocenters. The normalized spacial score (nSPS) is 28.1. The summed E-state index contributed by atoms with van der Waals surface area (Å²) >= 11 is 0. The molecule has 2 aliphatic rings. The molecule has 0 heterocycles. The van der Waals surface area contributed by atoms with Crippen molar-refractivity contribution in [2.45, 2.75) is 44.2 Å². The highest BCUT2D eigenvalue weighted by atomic mass is 15.0. The summed E-state index contributed by atoms with van der Waals surface area (Å²) in [4.78, 5) is 0. The predicted molar refractivity (Wildman–Crippen MR) is 75.8 cm³/mol. The second kappa shape index (κ2) is 5.41. The summed E-state index contributed by atoms with van der Waals surface area (Å²) in [5, 5.41) is 7.25. The van der Waals surface area contributed by atoms with Gasteiger partial charge in [-0.05, 0) is 50.1 Å². The Balaban J connectivity index is 1.35. The molecule has 2 heteroatoms. The molecule has 2 aliphatic carbocycles. The van der Waals surface area contributed by atoms with Crippen molar-refractivity contribution in [1.82, 2.24) is 10.6 Å². The summed E-state index contributed by atoms with van der Waals surface area (Å²) in [6.07, 6.45) is 4.12. The fraction of sp³-hybridized carbons (Fsp3) is 0.625. The van der Waals surface area contributed by atoms with Crippen LogP contribution in [-0.2, 0) is 0 Å². The molecule has 98 valence electrons. The number of nitrogens with one attached hydrogen (secondary N) is 2. The van der Waals surface area contributed by atoms with Crippen LogP contribution in [0.2, 0.25) is 0 Å². The molecule has 2 fully saturated rings. The minimum atomic E-state index is 0.600. The Morgan fingerprint density at radius 3 is 2.72 bits per heavy atom. The molecule has 0 saturated heterocycles. The van der Waals surface area contributed by atoms with Crippen LogP contribution >= 0.6 is 0 Å². The zero-order valence-corrected chi connectivity index (χ0v) is 11.2. The van der Waals surface area contributed by atoms with Crippen LogP contribution < -0.4 is 10.6 Å². The van der Waals surface area contributed by atoms with Crippen LogP contribution in [0.1, 0.15) is 37.7 Å². The van der Waals surface area contributed by atoms with Crippen LogP contribution in [0.3, 0.4) is 0 Å². The Hall–Kier alpha value is -0.860. The SMILES string of the molecule is CC(CNC1CC1)NCC1CC1c1ccccc1. The summed E-state index contributed by atoms with van der Waals surface area (Å²) in [7, 11) is 0. The first-order chi connectivity index (χ1) is 8.83. The zero-order chi connectivity index (χ0) is 12.4. The van der Waals surface area contributed by atoms with E-state index in [1.807, 2.05) is 0 Å². The van der Waals surface area contributed by atoms with E-state index in [4.69, 9.17) is 0 Å². The number of rotatable bonds is 7. The van der Waals surface area contributed by atoms with E-state index in [0.29, 0.717) is 6.04 Å². The lowest BCUT2D eigenvalue weighted by Crippen LogP contribution is -2.38. The van der Waals surface area contributed by atoms with Gasteiger partial charge in [0, 0.05) is 18.6 Å². The minimum Gasteiger partial charge on any atom is -0.313 e. The molecule has 0 spiro atoms. The molecular formula is C16H24N2.